The quantitative estimate of drug-likeness (QED) is 0.533. The SMILES string of the molecule is CCn1c(=O)n(CC)c2nc(NC(=O)CCC(=O)N3CCN(Cc4ccc(F)cc4)CC3)ccc21. The van der Waals surface area contributed by atoms with Crippen molar-refractivity contribution in [2.24, 2.45) is 0 Å². The molecular formula is C25H31FN6O3. The number of carbonyl (C=O) groups is 2. The Morgan fingerprint density at radius 1 is 0.943 bits per heavy atom. The molecule has 1 aliphatic heterocycles. The molecular weight excluding hydrogens is 451 g/mol. The summed E-state index contributed by atoms with van der Waals surface area (Å²) in [7, 11) is 0. The Morgan fingerprint density at radius 2 is 1.63 bits per heavy atom. The summed E-state index contributed by atoms with van der Waals surface area (Å²) in [6, 6.07) is 9.92. The highest BCUT2D eigenvalue weighted by Crippen LogP contribution is 2.16. The fraction of sp³-hybridized carbons (Fsp3) is 0.440. The maximum atomic E-state index is 13.1. The molecule has 4 rings (SSSR count). The first-order valence-corrected chi connectivity index (χ1v) is 12.0. The molecule has 3 heterocycles. The number of halogens is 1. The topological polar surface area (TPSA) is 92.5 Å². The number of anilines is 1. The van der Waals surface area contributed by atoms with Crippen molar-refractivity contribution in [1.29, 1.82) is 0 Å². The number of amides is 2. The fourth-order valence-electron chi connectivity index (χ4n) is 4.44. The van der Waals surface area contributed by atoms with E-state index < -0.39 is 0 Å². The Morgan fingerprint density at radius 3 is 2.29 bits per heavy atom. The normalized spacial score (nSPS) is 14.4. The fourth-order valence-corrected chi connectivity index (χ4v) is 4.44. The van der Waals surface area contributed by atoms with Gasteiger partial charge < -0.3 is 10.2 Å². The first-order chi connectivity index (χ1) is 16.9. The molecule has 186 valence electrons. The van der Waals surface area contributed by atoms with Gasteiger partial charge in [-0.1, -0.05) is 12.1 Å². The number of fused-ring (bicyclic) bond motifs is 1. The van der Waals surface area contributed by atoms with Crippen molar-refractivity contribution >= 4 is 28.8 Å². The molecule has 0 radical (unpaired) electrons. The Hall–Kier alpha value is -3.53. The van der Waals surface area contributed by atoms with E-state index in [0.717, 1.165) is 30.7 Å². The van der Waals surface area contributed by atoms with Crippen molar-refractivity contribution in [3.8, 4) is 0 Å². The average Bonchev–Trinajstić information content (AvgIpc) is 3.13. The highest BCUT2D eigenvalue weighted by atomic mass is 19.1. The van der Waals surface area contributed by atoms with E-state index in [1.54, 1.807) is 38.3 Å². The van der Waals surface area contributed by atoms with Gasteiger partial charge in [-0.25, -0.2) is 14.2 Å². The van der Waals surface area contributed by atoms with Crippen LogP contribution in [0.25, 0.3) is 11.2 Å². The summed E-state index contributed by atoms with van der Waals surface area (Å²) >= 11 is 0. The summed E-state index contributed by atoms with van der Waals surface area (Å²) < 4.78 is 16.3. The number of rotatable bonds is 8. The van der Waals surface area contributed by atoms with Crippen molar-refractivity contribution in [3.63, 3.8) is 0 Å². The molecule has 2 aromatic heterocycles. The monoisotopic (exact) mass is 482 g/mol. The number of aryl methyl sites for hydroxylation is 2. The van der Waals surface area contributed by atoms with Gasteiger partial charge in [-0.3, -0.25) is 23.6 Å². The summed E-state index contributed by atoms with van der Waals surface area (Å²) in [6.45, 7) is 8.19. The minimum absolute atomic E-state index is 0.0511. The van der Waals surface area contributed by atoms with Crippen LogP contribution in [0.15, 0.2) is 41.2 Å². The predicted octanol–water partition coefficient (Wildman–Crippen LogP) is 2.44. The van der Waals surface area contributed by atoms with Crippen LogP contribution in [0, 0.1) is 5.82 Å². The van der Waals surface area contributed by atoms with Gasteiger partial charge in [-0.15, -0.1) is 0 Å². The number of imidazole rings is 1. The van der Waals surface area contributed by atoms with Crippen LogP contribution in [0.3, 0.4) is 0 Å². The third-order valence-corrected chi connectivity index (χ3v) is 6.37. The maximum absolute atomic E-state index is 13.1. The van der Waals surface area contributed by atoms with Crippen molar-refractivity contribution in [2.75, 3.05) is 31.5 Å². The van der Waals surface area contributed by atoms with Gasteiger partial charge >= 0.3 is 5.69 Å². The molecule has 0 spiro atoms. The minimum Gasteiger partial charge on any atom is -0.340 e. The molecule has 10 heteroatoms. The molecule has 0 aliphatic carbocycles. The Balaban J connectivity index is 1.26. The average molecular weight is 483 g/mol. The van der Waals surface area contributed by atoms with Gasteiger partial charge in [0.2, 0.25) is 11.8 Å². The number of benzene rings is 1. The number of nitrogens with one attached hydrogen (secondary N) is 1. The number of hydrogen-bond acceptors (Lipinski definition) is 5. The second-order valence-electron chi connectivity index (χ2n) is 8.64. The number of nitrogens with zero attached hydrogens (tertiary/aromatic N) is 5. The van der Waals surface area contributed by atoms with Gasteiger partial charge in [-0.2, -0.15) is 0 Å². The van der Waals surface area contributed by atoms with E-state index in [-0.39, 0.29) is 36.2 Å². The first kappa shape index (κ1) is 24.6. The molecule has 1 aliphatic rings. The van der Waals surface area contributed by atoms with Gasteiger partial charge in [-0.05, 0) is 43.7 Å². The van der Waals surface area contributed by atoms with E-state index in [4.69, 9.17) is 0 Å². The van der Waals surface area contributed by atoms with Gasteiger partial charge in [0.15, 0.2) is 5.65 Å². The largest absolute Gasteiger partial charge is 0.340 e. The van der Waals surface area contributed by atoms with Gasteiger partial charge in [0.1, 0.15) is 11.6 Å². The summed E-state index contributed by atoms with van der Waals surface area (Å²) in [5.41, 5.74) is 2.18. The van der Waals surface area contributed by atoms with Crippen molar-refractivity contribution < 1.29 is 14.0 Å². The van der Waals surface area contributed by atoms with E-state index in [2.05, 4.69) is 15.2 Å². The number of hydrogen-bond donors (Lipinski definition) is 1. The highest BCUT2D eigenvalue weighted by Gasteiger charge is 2.22. The van der Waals surface area contributed by atoms with Crippen LogP contribution in [0.2, 0.25) is 0 Å². The summed E-state index contributed by atoms with van der Waals surface area (Å²) in [6.07, 6.45) is 0.183. The highest BCUT2D eigenvalue weighted by molar-refractivity contribution is 5.93. The molecule has 9 nitrogen and oxygen atoms in total. The van der Waals surface area contributed by atoms with Crippen molar-refractivity contribution in [2.45, 2.75) is 46.3 Å². The smallest absolute Gasteiger partial charge is 0.330 e. The third-order valence-electron chi connectivity index (χ3n) is 6.37. The lowest BCUT2D eigenvalue weighted by molar-refractivity contribution is -0.134. The van der Waals surface area contributed by atoms with Crippen LogP contribution in [0.5, 0.6) is 0 Å². The zero-order valence-corrected chi connectivity index (χ0v) is 20.2. The summed E-state index contributed by atoms with van der Waals surface area (Å²) in [4.78, 5) is 46.0. The van der Waals surface area contributed by atoms with Crippen LogP contribution < -0.4 is 11.0 Å². The van der Waals surface area contributed by atoms with E-state index >= 15 is 0 Å². The zero-order valence-electron chi connectivity index (χ0n) is 20.2. The molecule has 0 atom stereocenters. The van der Waals surface area contributed by atoms with E-state index in [0.29, 0.717) is 37.6 Å². The predicted molar refractivity (Wildman–Crippen MR) is 131 cm³/mol. The number of aromatic nitrogens is 3. The second-order valence-corrected chi connectivity index (χ2v) is 8.64. The Labute approximate surface area is 203 Å². The minimum atomic E-state index is -0.291. The van der Waals surface area contributed by atoms with Crippen molar-refractivity contribution in [1.82, 2.24) is 23.9 Å². The lowest BCUT2D eigenvalue weighted by atomic mass is 10.2. The van der Waals surface area contributed by atoms with Gasteiger partial charge in [0.25, 0.3) is 0 Å². The molecule has 1 N–H and O–H groups in total. The molecule has 3 aromatic rings. The lowest BCUT2D eigenvalue weighted by Crippen LogP contribution is -2.48. The molecule has 2 amide bonds. The molecule has 35 heavy (non-hydrogen) atoms. The van der Waals surface area contributed by atoms with Crippen LogP contribution in [0.1, 0.15) is 32.3 Å². The van der Waals surface area contributed by atoms with E-state index in [1.165, 1.54) is 12.1 Å². The van der Waals surface area contributed by atoms with Gasteiger partial charge in [0, 0.05) is 58.7 Å². The maximum Gasteiger partial charge on any atom is 0.330 e. The van der Waals surface area contributed by atoms with Crippen LogP contribution in [-0.4, -0.2) is 61.9 Å². The zero-order chi connectivity index (χ0) is 24.9. The van der Waals surface area contributed by atoms with Crippen LogP contribution in [-0.2, 0) is 29.2 Å². The van der Waals surface area contributed by atoms with Crippen LogP contribution >= 0.6 is 0 Å². The Kier molecular flexibility index (Phi) is 7.60. The molecule has 0 bridgehead atoms. The first-order valence-electron chi connectivity index (χ1n) is 12.0. The van der Waals surface area contributed by atoms with Crippen molar-refractivity contribution in [3.05, 3.63) is 58.3 Å². The van der Waals surface area contributed by atoms with Crippen LogP contribution in [0.4, 0.5) is 10.2 Å². The molecule has 1 fully saturated rings. The lowest BCUT2D eigenvalue weighted by Gasteiger charge is -2.34. The van der Waals surface area contributed by atoms with E-state index in [1.807, 2.05) is 13.8 Å². The van der Waals surface area contributed by atoms with E-state index in [9.17, 15) is 18.8 Å². The molecule has 0 unspecified atom stereocenters. The summed E-state index contributed by atoms with van der Waals surface area (Å²) in [5.74, 6) is -0.230. The standard InChI is InChI=1S/C25H31FN6O3/c1-3-31-20-9-10-21(28-24(20)32(4-2)25(31)35)27-22(33)11-12-23(34)30-15-13-29(14-16-30)17-18-5-7-19(26)8-6-18/h5-10H,3-4,11-17H2,1-2H3,(H,27,28,33). The number of carbonyl (C=O) groups excluding carboxylic acids is 2. The number of piperazine rings is 1. The molecule has 0 saturated carbocycles. The number of pyridine rings is 1. The molecule has 1 aromatic carbocycles. The molecule has 1 saturated heterocycles. The summed E-state index contributed by atoms with van der Waals surface area (Å²) in [5, 5.41) is 2.75. The second kappa shape index (κ2) is 10.8. The third kappa shape index (κ3) is 5.59. The van der Waals surface area contributed by atoms with Gasteiger partial charge in [0.05, 0.1) is 5.52 Å². The Bertz CT molecular complexity index is 1260.